The van der Waals surface area contributed by atoms with E-state index in [1.807, 2.05) is 4.90 Å². The average Bonchev–Trinajstić information content (AvgIpc) is 3.03. The molecule has 11 heteroatoms. The number of phenols is 1. The Balaban J connectivity index is 1.09. The summed E-state index contributed by atoms with van der Waals surface area (Å²) in [6, 6.07) is 21.8. The van der Waals surface area contributed by atoms with Gasteiger partial charge in [0.15, 0.2) is 6.61 Å². The molecule has 0 bridgehead atoms. The van der Waals surface area contributed by atoms with Crippen LogP contribution in [0.3, 0.4) is 0 Å². The van der Waals surface area contributed by atoms with Crippen LogP contribution in [0.25, 0.3) is 0 Å². The summed E-state index contributed by atoms with van der Waals surface area (Å²) in [5.74, 6) is 0.838. The van der Waals surface area contributed by atoms with Gasteiger partial charge in [0.1, 0.15) is 30.0 Å². The second-order valence-corrected chi connectivity index (χ2v) is 10.3. The first-order valence-electron chi connectivity index (χ1n) is 14.4. The van der Waals surface area contributed by atoms with Crippen LogP contribution in [0, 0.1) is 0 Å². The molecule has 4 rings (SSSR count). The van der Waals surface area contributed by atoms with E-state index in [0.29, 0.717) is 36.8 Å². The van der Waals surface area contributed by atoms with Gasteiger partial charge >= 0.3 is 12.0 Å². The van der Waals surface area contributed by atoms with Crippen LogP contribution >= 0.6 is 0 Å². The van der Waals surface area contributed by atoms with Gasteiger partial charge in [0, 0.05) is 37.1 Å². The number of rotatable bonds is 14. The van der Waals surface area contributed by atoms with Gasteiger partial charge < -0.3 is 45.3 Å². The Kier molecular flexibility index (Phi) is 11.9. The van der Waals surface area contributed by atoms with Crippen molar-refractivity contribution in [3.05, 3.63) is 78.4 Å². The fourth-order valence-electron chi connectivity index (χ4n) is 4.56. The summed E-state index contributed by atoms with van der Waals surface area (Å²) in [5, 5.41) is 29.2. The quantitative estimate of drug-likeness (QED) is 0.140. The molecule has 0 radical (unpaired) electrons. The molecule has 0 saturated carbocycles. The van der Waals surface area contributed by atoms with Gasteiger partial charge in [0.25, 0.3) is 0 Å². The number of phenolic OH excluding ortho intramolecular Hbond substituents is 1. The second kappa shape index (κ2) is 16.2. The smallest absolute Gasteiger partial charge is 0.343 e. The molecule has 5 N–H and O–H groups in total. The molecule has 3 aromatic carbocycles. The maximum Gasteiger partial charge on any atom is 0.343 e. The molecule has 11 nitrogen and oxygen atoms in total. The summed E-state index contributed by atoms with van der Waals surface area (Å²) in [7, 11) is 1.30. The molecule has 1 aliphatic rings. The zero-order valence-electron chi connectivity index (χ0n) is 24.3. The highest BCUT2D eigenvalue weighted by Gasteiger charge is 2.23. The van der Waals surface area contributed by atoms with Crippen molar-refractivity contribution in [2.24, 2.45) is 0 Å². The van der Waals surface area contributed by atoms with Crippen LogP contribution < -0.4 is 25.4 Å². The molecule has 1 atom stereocenters. The monoisotopic (exact) mass is 592 g/mol. The van der Waals surface area contributed by atoms with Gasteiger partial charge in [-0.05, 0) is 92.0 Å². The number of amides is 2. The first-order chi connectivity index (χ1) is 20.9. The number of ether oxygens (including phenoxy) is 3. The maximum atomic E-state index is 12.7. The zero-order valence-corrected chi connectivity index (χ0v) is 24.3. The molecular formula is C32H40N4O7. The fraction of sp³-hybridized carbons (Fsp3) is 0.375. The number of benzene rings is 3. The number of carbonyl (C=O) groups is 2. The first-order valence-corrected chi connectivity index (χ1v) is 14.4. The average molecular weight is 593 g/mol. The van der Waals surface area contributed by atoms with Gasteiger partial charge in [-0.25, -0.2) is 9.59 Å². The van der Waals surface area contributed by atoms with Crippen LogP contribution in [0.1, 0.15) is 18.4 Å². The van der Waals surface area contributed by atoms with Gasteiger partial charge in [-0.1, -0.05) is 12.1 Å². The molecule has 2 amide bonds. The number of urea groups is 1. The Hall–Kier alpha value is -4.48. The molecular weight excluding hydrogens is 552 g/mol. The van der Waals surface area contributed by atoms with Gasteiger partial charge in [0.05, 0.1) is 7.11 Å². The Labute approximate surface area is 251 Å². The summed E-state index contributed by atoms with van der Waals surface area (Å²) in [5.41, 5.74) is 2.90. The molecule has 0 aromatic heterocycles. The SMILES string of the molecule is COC(=O)COc1ccc(NC(=O)N2CCC(Nc3ccc(CCNC[C@H](O)COc4ccc(O)cc4)cc3)CC2)cc1. The summed E-state index contributed by atoms with van der Waals surface area (Å²) in [4.78, 5) is 25.7. The highest BCUT2D eigenvalue weighted by Crippen LogP contribution is 2.20. The molecule has 0 spiro atoms. The number of methoxy groups -OCH3 is 1. The molecule has 1 heterocycles. The first kappa shape index (κ1) is 31.5. The zero-order chi connectivity index (χ0) is 30.4. The van der Waals surface area contributed by atoms with E-state index < -0.39 is 12.1 Å². The van der Waals surface area contributed by atoms with E-state index in [1.165, 1.54) is 12.7 Å². The van der Waals surface area contributed by atoms with E-state index in [4.69, 9.17) is 9.47 Å². The molecule has 0 aliphatic carbocycles. The van der Waals surface area contributed by atoms with Crippen molar-refractivity contribution in [3.8, 4) is 17.2 Å². The lowest BCUT2D eigenvalue weighted by Crippen LogP contribution is -2.44. The van der Waals surface area contributed by atoms with Crippen molar-refractivity contribution in [1.82, 2.24) is 10.2 Å². The fourth-order valence-corrected chi connectivity index (χ4v) is 4.56. The lowest BCUT2D eigenvalue weighted by molar-refractivity contribution is -0.142. The third kappa shape index (κ3) is 10.7. The van der Waals surface area contributed by atoms with Crippen molar-refractivity contribution in [2.75, 3.05) is 57.1 Å². The summed E-state index contributed by atoms with van der Waals surface area (Å²) >= 11 is 0. The van der Waals surface area contributed by atoms with Crippen molar-refractivity contribution in [1.29, 1.82) is 0 Å². The molecule has 43 heavy (non-hydrogen) atoms. The van der Waals surface area contributed by atoms with Crippen molar-refractivity contribution in [2.45, 2.75) is 31.4 Å². The lowest BCUT2D eigenvalue weighted by Gasteiger charge is -2.33. The Morgan fingerprint density at radius 1 is 0.907 bits per heavy atom. The van der Waals surface area contributed by atoms with E-state index in [2.05, 4.69) is 45.0 Å². The summed E-state index contributed by atoms with van der Waals surface area (Å²) in [6.07, 6.45) is 1.89. The number of esters is 1. The number of hydrogen-bond acceptors (Lipinski definition) is 9. The molecule has 1 saturated heterocycles. The highest BCUT2D eigenvalue weighted by atomic mass is 16.6. The van der Waals surface area contributed by atoms with Crippen LogP contribution in [-0.4, -0.2) is 85.8 Å². The van der Waals surface area contributed by atoms with Crippen LogP contribution in [0.5, 0.6) is 17.2 Å². The predicted molar refractivity (Wildman–Crippen MR) is 164 cm³/mol. The number of nitrogens with one attached hydrogen (secondary N) is 3. The standard InChI is InChI=1S/C32H40N4O7/c1-41-31(39)22-43-29-10-6-25(7-11-29)35-32(40)36-18-15-26(16-19-36)34-24-4-2-23(3-5-24)14-17-33-20-28(38)21-42-30-12-8-27(37)9-13-30/h2-13,26,28,33-34,37-38H,14-22H2,1H3,(H,35,40)/t28-/m0/s1. The molecule has 1 fully saturated rings. The number of aliphatic hydroxyl groups excluding tert-OH is 1. The minimum Gasteiger partial charge on any atom is -0.508 e. The van der Waals surface area contributed by atoms with E-state index in [1.54, 1.807) is 48.5 Å². The van der Waals surface area contributed by atoms with E-state index in [9.17, 15) is 19.8 Å². The molecule has 1 aliphatic heterocycles. The maximum absolute atomic E-state index is 12.7. The molecule has 230 valence electrons. The van der Waals surface area contributed by atoms with Crippen molar-refractivity contribution < 1.29 is 34.0 Å². The predicted octanol–water partition coefficient (Wildman–Crippen LogP) is 3.62. The Morgan fingerprint density at radius 3 is 2.21 bits per heavy atom. The van der Waals surface area contributed by atoms with Crippen LogP contribution in [0.2, 0.25) is 0 Å². The number of aliphatic hydroxyl groups is 1. The number of nitrogens with zero attached hydrogens (tertiary/aromatic N) is 1. The largest absolute Gasteiger partial charge is 0.508 e. The van der Waals surface area contributed by atoms with Gasteiger partial charge in [-0.15, -0.1) is 0 Å². The number of carbonyl (C=O) groups excluding carboxylic acids is 2. The minimum absolute atomic E-state index is 0.142. The van der Waals surface area contributed by atoms with Crippen molar-refractivity contribution >= 4 is 23.4 Å². The van der Waals surface area contributed by atoms with Crippen LogP contribution in [0.4, 0.5) is 16.2 Å². The van der Waals surface area contributed by atoms with Gasteiger partial charge in [0.2, 0.25) is 0 Å². The number of piperidine rings is 1. The summed E-state index contributed by atoms with van der Waals surface area (Å²) < 4.78 is 15.4. The van der Waals surface area contributed by atoms with E-state index in [-0.39, 0.29) is 31.0 Å². The van der Waals surface area contributed by atoms with Gasteiger partial charge in [-0.2, -0.15) is 0 Å². The second-order valence-electron chi connectivity index (χ2n) is 10.3. The normalized spacial score (nSPS) is 14.0. The topological polar surface area (TPSA) is 142 Å². The third-order valence-electron chi connectivity index (χ3n) is 7.05. The Morgan fingerprint density at radius 2 is 1.53 bits per heavy atom. The number of aromatic hydroxyl groups is 1. The molecule has 3 aromatic rings. The Bertz CT molecular complexity index is 1280. The van der Waals surface area contributed by atoms with Crippen LogP contribution in [0.15, 0.2) is 72.8 Å². The molecule has 0 unspecified atom stereocenters. The number of likely N-dealkylation sites (tertiary alicyclic amines) is 1. The van der Waals surface area contributed by atoms with Crippen LogP contribution in [-0.2, 0) is 16.0 Å². The summed E-state index contributed by atoms with van der Waals surface area (Å²) in [6.45, 7) is 2.47. The van der Waals surface area contributed by atoms with Crippen molar-refractivity contribution in [3.63, 3.8) is 0 Å². The third-order valence-corrected chi connectivity index (χ3v) is 7.05. The van der Waals surface area contributed by atoms with Gasteiger partial charge in [-0.3, -0.25) is 0 Å². The minimum atomic E-state index is -0.634. The number of anilines is 2. The van der Waals surface area contributed by atoms with E-state index in [0.717, 1.165) is 31.5 Å². The highest BCUT2D eigenvalue weighted by molar-refractivity contribution is 5.89. The van der Waals surface area contributed by atoms with E-state index >= 15 is 0 Å². The lowest BCUT2D eigenvalue weighted by atomic mass is 10.0. The number of hydrogen-bond donors (Lipinski definition) is 5.